The normalized spacial score (nSPS) is 11.6. The number of hydrogen-bond acceptors (Lipinski definition) is 3. The number of hydrogen-bond donors (Lipinski definition) is 1. The maximum atomic E-state index is 5.65. The molecule has 1 rings (SSSR count). The lowest BCUT2D eigenvalue weighted by Gasteiger charge is -2.25. The van der Waals surface area contributed by atoms with Crippen molar-refractivity contribution in [3.8, 4) is 0 Å². The summed E-state index contributed by atoms with van der Waals surface area (Å²) in [7, 11) is 0. The van der Waals surface area contributed by atoms with E-state index in [1.165, 1.54) is 35.6 Å². The van der Waals surface area contributed by atoms with Gasteiger partial charge in [0.1, 0.15) is 0 Å². The summed E-state index contributed by atoms with van der Waals surface area (Å²) in [4.78, 5) is 5.29. The molecule has 0 aliphatic carbocycles. The van der Waals surface area contributed by atoms with Crippen molar-refractivity contribution in [2.24, 2.45) is 5.73 Å². The Morgan fingerprint density at radius 3 is 2.47 bits per heavy atom. The number of rotatable bonds is 8. The van der Waals surface area contributed by atoms with Gasteiger partial charge in [-0.05, 0) is 38.9 Å². The summed E-state index contributed by atoms with van der Waals surface area (Å²) in [6, 6.07) is 5.00. The topological polar surface area (TPSA) is 29.3 Å². The van der Waals surface area contributed by atoms with Crippen molar-refractivity contribution in [2.45, 2.75) is 59.2 Å². The van der Waals surface area contributed by atoms with E-state index in [1.54, 1.807) is 0 Å². The molecule has 0 radical (unpaired) electrons. The summed E-state index contributed by atoms with van der Waals surface area (Å²) in [5.41, 5.74) is 5.65. The molecule has 0 saturated heterocycles. The summed E-state index contributed by atoms with van der Waals surface area (Å²) in [5, 5.41) is 0. The fourth-order valence-corrected chi connectivity index (χ4v) is 2.82. The lowest BCUT2D eigenvalue weighted by Crippen LogP contribution is -2.30. The number of nitrogens with zero attached hydrogens (tertiary/aromatic N) is 1. The van der Waals surface area contributed by atoms with Crippen molar-refractivity contribution in [1.82, 2.24) is 4.90 Å². The van der Waals surface area contributed by atoms with Crippen LogP contribution in [0.3, 0.4) is 0 Å². The molecule has 0 aliphatic rings. The Bertz CT molecular complexity index is 307. The van der Waals surface area contributed by atoms with E-state index in [1.807, 2.05) is 11.3 Å². The van der Waals surface area contributed by atoms with Gasteiger partial charge in [0.05, 0.1) is 0 Å². The first-order chi connectivity index (χ1) is 8.17. The minimum Gasteiger partial charge on any atom is -0.326 e. The molecule has 0 aromatic carbocycles. The maximum Gasteiger partial charge on any atom is 0.0330 e. The van der Waals surface area contributed by atoms with Crippen molar-refractivity contribution in [1.29, 1.82) is 0 Å². The van der Waals surface area contributed by atoms with Gasteiger partial charge < -0.3 is 5.73 Å². The van der Waals surface area contributed by atoms with Crippen molar-refractivity contribution < 1.29 is 0 Å². The van der Waals surface area contributed by atoms with Crippen LogP contribution in [-0.2, 0) is 13.1 Å². The van der Waals surface area contributed by atoms with Crippen molar-refractivity contribution in [3.05, 3.63) is 21.9 Å². The van der Waals surface area contributed by atoms with E-state index in [9.17, 15) is 0 Å². The molecule has 0 bridgehead atoms. The average Bonchev–Trinajstić information content (AvgIpc) is 2.75. The van der Waals surface area contributed by atoms with E-state index in [0.29, 0.717) is 12.6 Å². The molecule has 98 valence electrons. The largest absolute Gasteiger partial charge is 0.326 e. The first kappa shape index (κ1) is 14.7. The molecular formula is C14H26N2S. The highest BCUT2D eigenvalue weighted by molar-refractivity contribution is 7.11. The van der Waals surface area contributed by atoms with Crippen LogP contribution in [0.1, 0.15) is 49.8 Å². The predicted molar refractivity (Wildman–Crippen MR) is 77.3 cm³/mol. The Morgan fingerprint density at radius 1 is 1.24 bits per heavy atom. The smallest absolute Gasteiger partial charge is 0.0330 e. The molecule has 17 heavy (non-hydrogen) atoms. The lowest BCUT2D eigenvalue weighted by molar-refractivity contribution is 0.210. The Kier molecular flexibility index (Phi) is 6.78. The van der Waals surface area contributed by atoms with Crippen LogP contribution in [0, 0.1) is 0 Å². The third-order valence-corrected chi connectivity index (χ3v) is 4.15. The fourth-order valence-electron chi connectivity index (χ4n) is 1.90. The van der Waals surface area contributed by atoms with Gasteiger partial charge in [-0.3, -0.25) is 4.90 Å². The Morgan fingerprint density at radius 2 is 1.94 bits per heavy atom. The summed E-state index contributed by atoms with van der Waals surface area (Å²) in [6.07, 6.45) is 3.94. The second-order valence-electron chi connectivity index (χ2n) is 4.84. The van der Waals surface area contributed by atoms with Crippen molar-refractivity contribution in [3.63, 3.8) is 0 Å². The van der Waals surface area contributed by atoms with E-state index in [-0.39, 0.29) is 0 Å². The van der Waals surface area contributed by atoms with Crippen LogP contribution < -0.4 is 5.73 Å². The molecule has 0 saturated carbocycles. The van der Waals surface area contributed by atoms with E-state index in [2.05, 4.69) is 37.8 Å². The number of thiophene rings is 1. The SMILES string of the molecule is CCCCCN(Cc1ccc(CN)s1)C(C)C. The van der Waals surface area contributed by atoms with Gasteiger partial charge in [-0.1, -0.05) is 19.8 Å². The molecule has 1 aromatic heterocycles. The molecule has 0 unspecified atom stereocenters. The summed E-state index contributed by atoms with van der Waals surface area (Å²) >= 11 is 1.85. The first-order valence-electron chi connectivity index (χ1n) is 6.69. The highest BCUT2D eigenvalue weighted by Gasteiger charge is 2.10. The second-order valence-corrected chi connectivity index (χ2v) is 6.10. The van der Waals surface area contributed by atoms with E-state index in [4.69, 9.17) is 5.73 Å². The number of nitrogens with two attached hydrogens (primary N) is 1. The second kappa shape index (κ2) is 7.85. The van der Waals surface area contributed by atoms with Gasteiger partial charge in [0.25, 0.3) is 0 Å². The molecule has 1 heterocycles. The maximum absolute atomic E-state index is 5.65. The van der Waals surface area contributed by atoms with Gasteiger partial charge in [-0.15, -0.1) is 11.3 Å². The third-order valence-electron chi connectivity index (χ3n) is 3.06. The molecule has 0 aliphatic heterocycles. The standard InChI is InChI=1S/C14H26N2S/c1-4-5-6-9-16(12(2)3)11-14-8-7-13(10-15)17-14/h7-8,12H,4-6,9-11,15H2,1-3H3. The van der Waals surface area contributed by atoms with Crippen LogP contribution in [-0.4, -0.2) is 17.5 Å². The highest BCUT2D eigenvalue weighted by atomic mass is 32.1. The monoisotopic (exact) mass is 254 g/mol. The molecule has 0 fully saturated rings. The minimum absolute atomic E-state index is 0.621. The number of unbranched alkanes of at least 4 members (excludes halogenated alkanes) is 2. The molecule has 0 amide bonds. The van der Waals surface area contributed by atoms with Crippen LogP contribution in [0.4, 0.5) is 0 Å². The minimum atomic E-state index is 0.621. The van der Waals surface area contributed by atoms with Gasteiger partial charge >= 0.3 is 0 Å². The highest BCUT2D eigenvalue weighted by Crippen LogP contribution is 2.19. The van der Waals surface area contributed by atoms with Crippen LogP contribution in [0.5, 0.6) is 0 Å². The molecule has 0 atom stereocenters. The zero-order valence-corrected chi connectivity index (χ0v) is 12.2. The van der Waals surface area contributed by atoms with Crippen LogP contribution >= 0.6 is 11.3 Å². The Labute approximate surface area is 110 Å². The van der Waals surface area contributed by atoms with Gasteiger partial charge in [0, 0.05) is 28.9 Å². The quantitative estimate of drug-likeness (QED) is 0.718. The van der Waals surface area contributed by atoms with Crippen molar-refractivity contribution in [2.75, 3.05) is 6.54 Å². The first-order valence-corrected chi connectivity index (χ1v) is 7.50. The molecule has 2 N–H and O–H groups in total. The van der Waals surface area contributed by atoms with E-state index < -0.39 is 0 Å². The predicted octanol–water partition coefficient (Wildman–Crippen LogP) is 3.61. The van der Waals surface area contributed by atoms with Gasteiger partial charge in [-0.25, -0.2) is 0 Å². The molecule has 3 heteroatoms. The lowest BCUT2D eigenvalue weighted by atomic mass is 10.2. The summed E-state index contributed by atoms with van der Waals surface area (Å²) in [6.45, 7) is 9.77. The van der Waals surface area contributed by atoms with Gasteiger partial charge in [0.2, 0.25) is 0 Å². The van der Waals surface area contributed by atoms with E-state index >= 15 is 0 Å². The van der Waals surface area contributed by atoms with E-state index in [0.717, 1.165) is 6.54 Å². The average molecular weight is 254 g/mol. The molecule has 2 nitrogen and oxygen atoms in total. The third kappa shape index (κ3) is 5.19. The van der Waals surface area contributed by atoms with Crippen molar-refractivity contribution >= 4 is 11.3 Å². The Hall–Kier alpha value is -0.380. The molecular weight excluding hydrogens is 228 g/mol. The molecule has 0 spiro atoms. The van der Waals surface area contributed by atoms with Crippen LogP contribution in [0.2, 0.25) is 0 Å². The zero-order chi connectivity index (χ0) is 12.7. The van der Waals surface area contributed by atoms with Gasteiger partial charge in [0.15, 0.2) is 0 Å². The van der Waals surface area contributed by atoms with Crippen LogP contribution in [0.25, 0.3) is 0 Å². The zero-order valence-electron chi connectivity index (χ0n) is 11.4. The summed E-state index contributed by atoms with van der Waals surface area (Å²) in [5.74, 6) is 0. The molecule has 1 aromatic rings. The fraction of sp³-hybridized carbons (Fsp3) is 0.714. The summed E-state index contributed by atoms with van der Waals surface area (Å²) < 4.78 is 0. The Balaban J connectivity index is 2.47. The van der Waals surface area contributed by atoms with Crippen LogP contribution in [0.15, 0.2) is 12.1 Å². The van der Waals surface area contributed by atoms with Gasteiger partial charge in [-0.2, -0.15) is 0 Å².